The molecule has 23 heavy (non-hydrogen) atoms. The number of aromatic nitrogens is 4. The molecule has 0 N–H and O–H groups in total. The van der Waals surface area contributed by atoms with Gasteiger partial charge in [-0.1, -0.05) is 0 Å². The number of nitrogens with zero attached hydrogens (tertiary/aromatic N) is 6. The van der Waals surface area contributed by atoms with E-state index >= 15 is 0 Å². The van der Waals surface area contributed by atoms with Crippen molar-refractivity contribution in [1.29, 1.82) is 0 Å². The van der Waals surface area contributed by atoms with Crippen LogP contribution in [0.5, 0.6) is 0 Å². The van der Waals surface area contributed by atoms with E-state index in [1.807, 2.05) is 25.1 Å². The van der Waals surface area contributed by atoms with Gasteiger partial charge in [0.15, 0.2) is 5.82 Å². The molecule has 0 spiro atoms. The van der Waals surface area contributed by atoms with Crippen molar-refractivity contribution in [1.82, 2.24) is 20.2 Å². The van der Waals surface area contributed by atoms with Gasteiger partial charge >= 0.3 is 0 Å². The lowest BCUT2D eigenvalue weighted by molar-refractivity contribution is 0.0587. The molecule has 2 aliphatic rings. The van der Waals surface area contributed by atoms with Crippen molar-refractivity contribution in [3.05, 3.63) is 36.3 Å². The molecule has 0 aliphatic carbocycles. The van der Waals surface area contributed by atoms with Gasteiger partial charge in [-0.15, -0.1) is 5.10 Å². The first kappa shape index (κ1) is 14.3. The quantitative estimate of drug-likeness (QED) is 0.816. The first-order valence-corrected chi connectivity index (χ1v) is 7.98. The van der Waals surface area contributed by atoms with E-state index in [0.717, 1.165) is 43.6 Å². The predicted octanol–water partition coefficient (Wildman–Crippen LogP) is 0.917. The Kier molecular flexibility index (Phi) is 3.78. The average molecular weight is 312 g/mol. The molecule has 2 atom stereocenters. The smallest absolute Gasteiger partial charge is 0.225 e. The molecule has 120 valence electrons. The minimum Gasteiger partial charge on any atom is -0.374 e. The Morgan fingerprint density at radius 3 is 2.65 bits per heavy atom. The zero-order valence-corrected chi connectivity index (χ0v) is 13.2. The largest absolute Gasteiger partial charge is 0.374 e. The van der Waals surface area contributed by atoms with Crippen LogP contribution in [0.3, 0.4) is 0 Å². The van der Waals surface area contributed by atoms with Gasteiger partial charge in [-0.2, -0.15) is 5.10 Å². The van der Waals surface area contributed by atoms with E-state index in [2.05, 4.69) is 30.0 Å². The molecular formula is C16H20N6O. The predicted molar refractivity (Wildman–Crippen MR) is 86.5 cm³/mol. The fraction of sp³-hybridized carbons (Fsp3) is 0.500. The molecule has 2 aliphatic heterocycles. The van der Waals surface area contributed by atoms with Crippen LogP contribution < -0.4 is 9.80 Å². The van der Waals surface area contributed by atoms with Crippen molar-refractivity contribution in [2.45, 2.75) is 13.0 Å². The van der Waals surface area contributed by atoms with E-state index in [0.29, 0.717) is 12.5 Å². The molecular weight excluding hydrogens is 292 g/mol. The maximum absolute atomic E-state index is 6.07. The standard InChI is InChI=1S/C16H20N6O/c1-12-3-4-15(20-19-12)22-10-13-9-21(7-8-23-14(13)11-22)16-17-5-2-6-18-16/h2-6,13-14H,7-11H2,1H3/t13-,14+/m0/s1. The molecule has 0 aromatic carbocycles. The Hall–Kier alpha value is -2.28. The van der Waals surface area contributed by atoms with Gasteiger partial charge in [-0.25, -0.2) is 9.97 Å². The van der Waals surface area contributed by atoms with Gasteiger partial charge in [0.1, 0.15) is 0 Å². The van der Waals surface area contributed by atoms with Gasteiger partial charge in [-0.3, -0.25) is 0 Å². The maximum atomic E-state index is 6.07. The number of anilines is 2. The van der Waals surface area contributed by atoms with E-state index in [1.54, 1.807) is 12.4 Å². The highest BCUT2D eigenvalue weighted by Crippen LogP contribution is 2.27. The molecule has 2 fully saturated rings. The van der Waals surface area contributed by atoms with Crippen molar-refractivity contribution < 1.29 is 4.74 Å². The fourth-order valence-corrected chi connectivity index (χ4v) is 3.28. The van der Waals surface area contributed by atoms with E-state index in [9.17, 15) is 0 Å². The summed E-state index contributed by atoms with van der Waals surface area (Å²) in [7, 11) is 0. The molecule has 2 saturated heterocycles. The third-order valence-corrected chi connectivity index (χ3v) is 4.47. The van der Waals surface area contributed by atoms with E-state index in [1.165, 1.54) is 0 Å². The number of ether oxygens (including phenoxy) is 1. The minimum absolute atomic E-state index is 0.229. The Bertz CT molecular complexity index is 649. The second-order valence-electron chi connectivity index (χ2n) is 6.10. The Balaban J connectivity index is 1.49. The molecule has 2 aromatic rings. The maximum Gasteiger partial charge on any atom is 0.225 e. The normalized spacial score (nSPS) is 24.4. The van der Waals surface area contributed by atoms with Gasteiger partial charge < -0.3 is 14.5 Å². The molecule has 0 amide bonds. The summed E-state index contributed by atoms with van der Waals surface area (Å²) >= 11 is 0. The Morgan fingerprint density at radius 1 is 1.04 bits per heavy atom. The van der Waals surface area contributed by atoms with Crippen molar-refractivity contribution in [3.8, 4) is 0 Å². The van der Waals surface area contributed by atoms with Crippen LogP contribution in [-0.4, -0.2) is 59.1 Å². The summed E-state index contributed by atoms with van der Waals surface area (Å²) in [6, 6.07) is 5.88. The van der Waals surface area contributed by atoms with E-state index in [4.69, 9.17) is 4.74 Å². The van der Waals surface area contributed by atoms with Crippen LogP contribution in [-0.2, 0) is 4.74 Å². The number of hydrogen-bond acceptors (Lipinski definition) is 7. The van der Waals surface area contributed by atoms with Gasteiger partial charge in [0.25, 0.3) is 0 Å². The van der Waals surface area contributed by atoms with Gasteiger partial charge in [0, 0.05) is 44.5 Å². The second-order valence-corrected chi connectivity index (χ2v) is 6.10. The Morgan fingerprint density at radius 2 is 1.87 bits per heavy atom. The molecule has 0 bridgehead atoms. The highest BCUT2D eigenvalue weighted by molar-refractivity contribution is 5.40. The number of fused-ring (bicyclic) bond motifs is 1. The van der Waals surface area contributed by atoms with Crippen LogP contribution in [0.4, 0.5) is 11.8 Å². The second kappa shape index (κ2) is 6.08. The molecule has 0 radical (unpaired) electrons. The molecule has 4 rings (SSSR count). The monoisotopic (exact) mass is 312 g/mol. The lowest BCUT2D eigenvalue weighted by Crippen LogP contribution is -2.33. The number of rotatable bonds is 2. The lowest BCUT2D eigenvalue weighted by atomic mass is 10.1. The summed E-state index contributed by atoms with van der Waals surface area (Å²) in [5.74, 6) is 2.13. The summed E-state index contributed by atoms with van der Waals surface area (Å²) in [5.41, 5.74) is 0.936. The summed E-state index contributed by atoms with van der Waals surface area (Å²) in [6.07, 6.45) is 3.80. The summed E-state index contributed by atoms with van der Waals surface area (Å²) in [4.78, 5) is 13.2. The van der Waals surface area contributed by atoms with Gasteiger partial charge in [0.05, 0.1) is 18.4 Å². The molecule has 7 nitrogen and oxygen atoms in total. The zero-order chi connectivity index (χ0) is 15.6. The summed E-state index contributed by atoms with van der Waals surface area (Å²) in [6.45, 7) is 6.18. The van der Waals surface area contributed by atoms with Crippen LogP contribution >= 0.6 is 0 Å². The zero-order valence-electron chi connectivity index (χ0n) is 13.2. The van der Waals surface area contributed by atoms with E-state index in [-0.39, 0.29) is 6.10 Å². The summed E-state index contributed by atoms with van der Waals surface area (Å²) in [5, 5.41) is 8.46. The van der Waals surface area contributed by atoms with Crippen molar-refractivity contribution in [3.63, 3.8) is 0 Å². The first-order chi connectivity index (χ1) is 11.3. The average Bonchev–Trinajstić information content (AvgIpc) is 2.88. The molecule has 2 aromatic heterocycles. The topological polar surface area (TPSA) is 67.3 Å². The van der Waals surface area contributed by atoms with Gasteiger partial charge in [-0.05, 0) is 25.1 Å². The molecule has 4 heterocycles. The third-order valence-electron chi connectivity index (χ3n) is 4.47. The fourth-order valence-electron chi connectivity index (χ4n) is 3.28. The van der Waals surface area contributed by atoms with Crippen molar-refractivity contribution in [2.24, 2.45) is 5.92 Å². The summed E-state index contributed by atoms with van der Waals surface area (Å²) < 4.78 is 6.07. The van der Waals surface area contributed by atoms with Crippen LogP contribution in [0.2, 0.25) is 0 Å². The highest BCUT2D eigenvalue weighted by atomic mass is 16.5. The van der Waals surface area contributed by atoms with Gasteiger partial charge in [0.2, 0.25) is 5.95 Å². The Labute approximate surface area is 135 Å². The minimum atomic E-state index is 0.229. The van der Waals surface area contributed by atoms with Crippen LogP contribution in [0.1, 0.15) is 5.69 Å². The number of aryl methyl sites for hydroxylation is 1. The lowest BCUT2D eigenvalue weighted by Gasteiger charge is -2.23. The van der Waals surface area contributed by atoms with Crippen molar-refractivity contribution >= 4 is 11.8 Å². The molecule has 7 heteroatoms. The molecule has 0 saturated carbocycles. The third kappa shape index (κ3) is 2.96. The first-order valence-electron chi connectivity index (χ1n) is 7.98. The van der Waals surface area contributed by atoms with Crippen molar-refractivity contribution in [2.75, 3.05) is 42.6 Å². The van der Waals surface area contributed by atoms with Crippen LogP contribution in [0, 0.1) is 12.8 Å². The molecule has 0 unspecified atom stereocenters. The SMILES string of the molecule is Cc1ccc(N2C[C@@H]3CN(c4ncccn4)CCO[C@@H]3C2)nn1. The van der Waals surface area contributed by atoms with Crippen LogP contribution in [0.15, 0.2) is 30.6 Å². The van der Waals surface area contributed by atoms with Crippen LogP contribution in [0.25, 0.3) is 0 Å². The number of hydrogen-bond donors (Lipinski definition) is 0. The highest BCUT2D eigenvalue weighted by Gasteiger charge is 2.37. The van der Waals surface area contributed by atoms with E-state index < -0.39 is 0 Å².